The summed E-state index contributed by atoms with van der Waals surface area (Å²) in [6.45, 7) is 0.894. The van der Waals surface area contributed by atoms with Gasteiger partial charge in [0.25, 0.3) is 0 Å². The molecule has 0 saturated carbocycles. The van der Waals surface area contributed by atoms with Crippen molar-refractivity contribution in [2.24, 2.45) is 0 Å². The minimum atomic E-state index is -1.26. The van der Waals surface area contributed by atoms with Crippen LogP contribution in [0.25, 0.3) is 11.0 Å². The number of ether oxygens (including phenoxy) is 3. The fraction of sp³-hybridized carbons (Fsp3) is 0.194. The summed E-state index contributed by atoms with van der Waals surface area (Å²) in [7, 11) is 0. The Balaban J connectivity index is 1.20. The van der Waals surface area contributed by atoms with Gasteiger partial charge in [0.15, 0.2) is 17.4 Å². The van der Waals surface area contributed by atoms with Gasteiger partial charge in [-0.05, 0) is 54.4 Å². The molecule has 1 atom stereocenters. The molecule has 3 heterocycles. The highest BCUT2D eigenvalue weighted by Gasteiger charge is 2.24. The molecule has 1 aliphatic heterocycles. The van der Waals surface area contributed by atoms with E-state index in [0.717, 1.165) is 18.6 Å². The number of benzene rings is 3. The van der Waals surface area contributed by atoms with Crippen molar-refractivity contribution in [3.05, 3.63) is 112 Å². The zero-order chi connectivity index (χ0) is 30.1. The van der Waals surface area contributed by atoms with Crippen molar-refractivity contribution in [2.75, 3.05) is 6.61 Å². The van der Waals surface area contributed by atoms with E-state index in [9.17, 15) is 18.7 Å². The highest BCUT2D eigenvalue weighted by Crippen LogP contribution is 2.29. The van der Waals surface area contributed by atoms with Crippen molar-refractivity contribution in [1.29, 1.82) is 0 Å². The van der Waals surface area contributed by atoms with Crippen LogP contribution in [0.2, 0.25) is 5.02 Å². The molecule has 1 aliphatic rings. The van der Waals surface area contributed by atoms with Crippen molar-refractivity contribution >= 4 is 28.6 Å². The third-order valence-electron chi connectivity index (χ3n) is 6.98. The number of hydrogen-bond donors (Lipinski definition) is 1. The number of fused-ring (bicyclic) bond motifs is 1. The van der Waals surface area contributed by atoms with Gasteiger partial charge in [0.2, 0.25) is 0 Å². The molecule has 8 nitrogen and oxygen atoms in total. The van der Waals surface area contributed by atoms with Crippen LogP contribution < -0.4 is 9.47 Å². The Labute approximate surface area is 248 Å². The molecular weight excluding hydrogens is 587 g/mol. The van der Waals surface area contributed by atoms with Crippen LogP contribution in [0.3, 0.4) is 0 Å². The number of carboxylic acids is 1. The first-order valence-corrected chi connectivity index (χ1v) is 13.6. The Bertz CT molecular complexity index is 1840. The number of rotatable bonds is 10. The number of imidazole rings is 1. The molecule has 43 heavy (non-hydrogen) atoms. The fourth-order valence-electron chi connectivity index (χ4n) is 4.71. The van der Waals surface area contributed by atoms with Gasteiger partial charge in [0, 0.05) is 36.4 Å². The molecule has 12 heteroatoms. The normalized spacial score (nSPS) is 14.5. The van der Waals surface area contributed by atoms with E-state index in [4.69, 9.17) is 25.8 Å². The number of pyridine rings is 1. The molecule has 1 fully saturated rings. The van der Waals surface area contributed by atoms with Gasteiger partial charge in [0.1, 0.15) is 35.3 Å². The van der Waals surface area contributed by atoms with Crippen LogP contribution in [-0.4, -0.2) is 38.3 Å². The van der Waals surface area contributed by atoms with Crippen molar-refractivity contribution in [3.63, 3.8) is 0 Å². The second kappa shape index (κ2) is 11.9. The molecule has 3 aromatic carbocycles. The summed E-state index contributed by atoms with van der Waals surface area (Å²) < 4.78 is 62.6. The lowest BCUT2D eigenvalue weighted by Gasteiger charge is -2.27. The van der Waals surface area contributed by atoms with Crippen LogP contribution in [0.4, 0.5) is 13.2 Å². The fourth-order valence-corrected chi connectivity index (χ4v) is 4.87. The van der Waals surface area contributed by atoms with Crippen LogP contribution in [0.15, 0.2) is 66.9 Å². The summed E-state index contributed by atoms with van der Waals surface area (Å²) in [6, 6.07) is 13.9. The molecule has 0 unspecified atom stereocenters. The van der Waals surface area contributed by atoms with Gasteiger partial charge < -0.3 is 23.9 Å². The monoisotopic (exact) mass is 609 g/mol. The molecule has 1 N–H and O–H groups in total. The Morgan fingerprint density at radius 3 is 2.56 bits per heavy atom. The van der Waals surface area contributed by atoms with Gasteiger partial charge in [-0.25, -0.2) is 22.9 Å². The maximum absolute atomic E-state index is 15.3. The summed E-state index contributed by atoms with van der Waals surface area (Å²) in [6.07, 6.45) is 2.17. The molecule has 0 amide bonds. The lowest BCUT2D eigenvalue weighted by Crippen LogP contribution is -2.31. The molecule has 220 valence electrons. The lowest BCUT2D eigenvalue weighted by molar-refractivity contribution is -0.0589. The Morgan fingerprint density at radius 1 is 1.02 bits per heavy atom. The zero-order valence-corrected chi connectivity index (χ0v) is 23.2. The number of halogens is 4. The molecule has 0 radical (unpaired) electrons. The van der Waals surface area contributed by atoms with Gasteiger partial charge in [-0.2, -0.15) is 0 Å². The summed E-state index contributed by atoms with van der Waals surface area (Å²) in [4.78, 5) is 20.1. The number of carboxylic acid groups (broad SMARTS) is 1. The number of hydrogen-bond acceptors (Lipinski definition) is 6. The number of nitrogens with zero attached hydrogens (tertiary/aromatic N) is 3. The van der Waals surface area contributed by atoms with Crippen LogP contribution in [0.1, 0.15) is 33.9 Å². The topological polar surface area (TPSA) is 95.7 Å². The first-order valence-electron chi connectivity index (χ1n) is 13.3. The first kappa shape index (κ1) is 28.5. The largest absolute Gasteiger partial charge is 0.484 e. The van der Waals surface area contributed by atoms with E-state index in [2.05, 4.69) is 9.97 Å². The number of aromatic nitrogens is 3. The third kappa shape index (κ3) is 6.27. The second-order valence-corrected chi connectivity index (χ2v) is 10.4. The van der Waals surface area contributed by atoms with Crippen LogP contribution in [0, 0.1) is 17.5 Å². The van der Waals surface area contributed by atoms with Gasteiger partial charge >= 0.3 is 5.97 Å². The standard InChI is InChI=1S/C31H23ClF3N3O5/c32-19-2-4-28(25(34)12-19)42-16-20-13-22(5-7-36-20)43-21-3-1-17(24(33)14-21)11-29-37-30-26(35)9-18(31(39)40)10-27(30)38(29)15-23-6-8-41-23/h1-5,7,9-10,12-14,23H,6,8,11,15-16H2,(H,39,40)/t23-/m0/s1. The van der Waals surface area contributed by atoms with Crippen molar-refractivity contribution in [1.82, 2.24) is 14.5 Å². The Hall–Kier alpha value is -4.61. The molecule has 0 aliphatic carbocycles. The highest BCUT2D eigenvalue weighted by molar-refractivity contribution is 6.30. The van der Waals surface area contributed by atoms with E-state index >= 15 is 4.39 Å². The highest BCUT2D eigenvalue weighted by atomic mass is 35.5. The summed E-state index contributed by atoms with van der Waals surface area (Å²) >= 11 is 5.77. The van der Waals surface area contributed by atoms with E-state index in [1.165, 1.54) is 30.5 Å². The SMILES string of the molecule is O=C(O)c1cc(F)c2nc(Cc3ccc(Oc4ccnc(COc5ccc(Cl)cc5F)c4)cc3F)n(C[C@@H]3CCO3)c2c1. The minimum Gasteiger partial charge on any atom is -0.484 e. The molecule has 0 spiro atoms. The molecule has 0 bridgehead atoms. The summed E-state index contributed by atoms with van der Waals surface area (Å²) in [5, 5.41) is 9.66. The zero-order valence-electron chi connectivity index (χ0n) is 22.4. The predicted octanol–water partition coefficient (Wildman–Crippen LogP) is 6.95. The maximum atomic E-state index is 15.3. The van der Waals surface area contributed by atoms with Crippen molar-refractivity contribution < 1.29 is 37.3 Å². The lowest BCUT2D eigenvalue weighted by atomic mass is 10.1. The quantitative estimate of drug-likeness (QED) is 0.183. The van der Waals surface area contributed by atoms with E-state index < -0.39 is 23.4 Å². The van der Waals surface area contributed by atoms with Gasteiger partial charge in [0.05, 0.1) is 29.4 Å². The van der Waals surface area contributed by atoms with Crippen LogP contribution >= 0.6 is 11.6 Å². The number of aromatic carboxylic acids is 1. The first-order chi connectivity index (χ1) is 20.7. The van der Waals surface area contributed by atoms with Crippen molar-refractivity contribution in [2.45, 2.75) is 32.1 Å². The van der Waals surface area contributed by atoms with Gasteiger partial charge in [-0.15, -0.1) is 0 Å². The smallest absolute Gasteiger partial charge is 0.335 e. The van der Waals surface area contributed by atoms with Crippen LogP contribution in [0.5, 0.6) is 17.2 Å². The Morgan fingerprint density at radius 2 is 1.84 bits per heavy atom. The number of carbonyl (C=O) groups is 1. The van der Waals surface area contributed by atoms with E-state index in [-0.39, 0.29) is 52.3 Å². The average Bonchev–Trinajstić information content (AvgIpc) is 3.29. The second-order valence-electron chi connectivity index (χ2n) is 9.93. The van der Waals surface area contributed by atoms with E-state index in [0.29, 0.717) is 35.9 Å². The molecular formula is C31H23ClF3N3O5. The van der Waals surface area contributed by atoms with Gasteiger partial charge in [-0.1, -0.05) is 17.7 Å². The summed E-state index contributed by atoms with van der Waals surface area (Å²) in [5.74, 6) is -2.23. The molecule has 5 aromatic rings. The molecule has 1 saturated heterocycles. The Kier molecular flexibility index (Phi) is 7.92. The summed E-state index contributed by atoms with van der Waals surface area (Å²) in [5.41, 5.74) is 0.848. The van der Waals surface area contributed by atoms with Crippen LogP contribution in [-0.2, 0) is 24.3 Å². The maximum Gasteiger partial charge on any atom is 0.335 e. The van der Waals surface area contributed by atoms with E-state index in [1.54, 1.807) is 28.8 Å². The molecule has 2 aromatic heterocycles. The average molecular weight is 610 g/mol. The van der Waals surface area contributed by atoms with Gasteiger partial charge in [-0.3, -0.25) is 4.98 Å². The van der Waals surface area contributed by atoms with Crippen molar-refractivity contribution in [3.8, 4) is 17.2 Å². The minimum absolute atomic E-state index is 0.0101. The molecule has 6 rings (SSSR count). The third-order valence-corrected chi connectivity index (χ3v) is 7.21. The van der Waals surface area contributed by atoms with E-state index in [1.807, 2.05) is 0 Å². The predicted molar refractivity (Wildman–Crippen MR) is 150 cm³/mol.